The summed E-state index contributed by atoms with van der Waals surface area (Å²) in [4.78, 5) is 27.9. The Morgan fingerprint density at radius 3 is 2.50 bits per heavy atom. The molecule has 0 aromatic heterocycles. The lowest BCUT2D eigenvalue weighted by molar-refractivity contribution is -0.129. The van der Waals surface area contributed by atoms with Gasteiger partial charge in [0.15, 0.2) is 11.5 Å². The lowest BCUT2D eigenvalue weighted by Crippen LogP contribution is -2.33. The van der Waals surface area contributed by atoms with E-state index in [2.05, 4.69) is 0 Å². The van der Waals surface area contributed by atoms with Crippen molar-refractivity contribution in [1.29, 1.82) is 0 Å². The molecular formula is C27H31NO6. The number of amides is 1. The van der Waals surface area contributed by atoms with Crippen molar-refractivity contribution in [3.8, 4) is 11.5 Å². The van der Waals surface area contributed by atoms with Crippen LogP contribution in [0.1, 0.15) is 37.4 Å². The van der Waals surface area contributed by atoms with Crippen molar-refractivity contribution >= 4 is 17.8 Å². The summed E-state index contributed by atoms with van der Waals surface area (Å²) >= 11 is 0. The number of ketones is 1. The minimum Gasteiger partial charge on any atom is -0.503 e. The van der Waals surface area contributed by atoms with Crippen molar-refractivity contribution in [2.24, 2.45) is 0 Å². The summed E-state index contributed by atoms with van der Waals surface area (Å²) in [5, 5.41) is 10.8. The molecule has 1 amide bonds. The van der Waals surface area contributed by atoms with Gasteiger partial charge in [-0.1, -0.05) is 36.4 Å². The maximum atomic E-state index is 13.3. The number of ether oxygens (including phenoxy) is 3. The van der Waals surface area contributed by atoms with E-state index in [1.807, 2.05) is 44.2 Å². The van der Waals surface area contributed by atoms with Gasteiger partial charge in [-0.2, -0.15) is 0 Å². The average Bonchev–Trinajstić information content (AvgIpc) is 3.10. The van der Waals surface area contributed by atoms with Crippen molar-refractivity contribution in [3.63, 3.8) is 0 Å². The molecule has 2 aromatic rings. The molecule has 0 aliphatic carbocycles. The summed E-state index contributed by atoms with van der Waals surface area (Å²) in [6, 6.07) is 13.7. The smallest absolute Gasteiger partial charge is 0.290 e. The first-order chi connectivity index (χ1) is 16.4. The van der Waals surface area contributed by atoms with Gasteiger partial charge in [-0.15, -0.1) is 0 Å². The summed E-state index contributed by atoms with van der Waals surface area (Å²) in [6.07, 6.45) is 3.64. The molecule has 3 rings (SSSR count). The zero-order valence-corrected chi connectivity index (χ0v) is 20.0. The van der Waals surface area contributed by atoms with Gasteiger partial charge in [0.1, 0.15) is 11.5 Å². The van der Waals surface area contributed by atoms with Gasteiger partial charge < -0.3 is 24.2 Å². The van der Waals surface area contributed by atoms with Gasteiger partial charge in [-0.05, 0) is 50.1 Å². The number of carbonyl (C=O) groups excluding carboxylic acids is 2. The van der Waals surface area contributed by atoms with Crippen LogP contribution < -0.4 is 9.47 Å². The Morgan fingerprint density at radius 1 is 1.12 bits per heavy atom. The van der Waals surface area contributed by atoms with Crippen LogP contribution in [0.25, 0.3) is 6.08 Å². The normalized spacial score (nSPS) is 16.1. The Bertz CT molecular complexity index is 1070. The fourth-order valence-electron chi connectivity index (χ4n) is 3.89. The number of hydrogen-bond donors (Lipinski definition) is 1. The number of aliphatic hydroxyl groups excluding tert-OH is 1. The predicted molar refractivity (Wildman–Crippen MR) is 130 cm³/mol. The second-order valence-electron chi connectivity index (χ2n) is 8.15. The van der Waals surface area contributed by atoms with Crippen LogP contribution in [-0.2, 0) is 14.3 Å². The monoisotopic (exact) mass is 465 g/mol. The number of aliphatic hydroxyl groups is 1. The molecule has 0 unspecified atom stereocenters. The fraction of sp³-hybridized carbons (Fsp3) is 0.333. The summed E-state index contributed by atoms with van der Waals surface area (Å²) in [6.45, 7) is 4.61. The first-order valence-corrected chi connectivity index (χ1v) is 11.2. The summed E-state index contributed by atoms with van der Waals surface area (Å²) in [7, 11) is 3.05. The lowest BCUT2D eigenvalue weighted by atomic mass is 9.94. The van der Waals surface area contributed by atoms with Gasteiger partial charge in [0.25, 0.3) is 5.91 Å². The van der Waals surface area contributed by atoms with Gasteiger partial charge >= 0.3 is 0 Å². The molecule has 1 aliphatic heterocycles. The average molecular weight is 466 g/mol. The van der Waals surface area contributed by atoms with Crippen LogP contribution >= 0.6 is 0 Å². The molecule has 1 atom stereocenters. The standard InChI is InChI=1S/C27H31NO6/c1-18(2)34-16-8-15-28-25(21-17-20(32-3)12-14-23(21)33-4)24(26(30)27(28)31)22(29)13-11-19-9-6-5-7-10-19/h5-7,9-14,17-18,25,30H,8,15-16H2,1-4H3/b13-11+/t25-/m0/s1. The number of methoxy groups -OCH3 is 2. The maximum absolute atomic E-state index is 13.3. The molecule has 1 N–H and O–H groups in total. The van der Waals surface area contributed by atoms with Crippen molar-refractivity contribution in [2.45, 2.75) is 32.4 Å². The van der Waals surface area contributed by atoms with Gasteiger partial charge in [0, 0.05) is 18.7 Å². The van der Waals surface area contributed by atoms with Crippen LogP contribution in [0, 0.1) is 0 Å². The highest BCUT2D eigenvalue weighted by atomic mass is 16.5. The van der Waals surface area contributed by atoms with Crippen LogP contribution in [0.2, 0.25) is 0 Å². The quantitative estimate of drug-likeness (QED) is 0.389. The van der Waals surface area contributed by atoms with E-state index in [0.29, 0.717) is 36.6 Å². The highest BCUT2D eigenvalue weighted by molar-refractivity contribution is 6.14. The molecule has 0 radical (unpaired) electrons. The van der Waals surface area contributed by atoms with Crippen molar-refractivity contribution in [1.82, 2.24) is 4.90 Å². The van der Waals surface area contributed by atoms with E-state index in [9.17, 15) is 14.7 Å². The predicted octanol–water partition coefficient (Wildman–Crippen LogP) is 4.50. The molecule has 0 saturated heterocycles. The zero-order chi connectivity index (χ0) is 24.7. The molecule has 2 aromatic carbocycles. The van der Waals surface area contributed by atoms with Crippen LogP contribution in [-0.4, -0.2) is 55.2 Å². The summed E-state index contributed by atoms with van der Waals surface area (Å²) in [5.41, 5.74) is 1.40. The SMILES string of the molecule is COc1ccc(OC)c([C@H]2C(C(=O)/C=C/c3ccccc3)=C(O)C(=O)N2CCCOC(C)C)c1. The van der Waals surface area contributed by atoms with E-state index in [1.165, 1.54) is 25.2 Å². The number of rotatable bonds is 11. The Kier molecular flexibility index (Phi) is 8.49. The van der Waals surface area contributed by atoms with Gasteiger partial charge in [-0.3, -0.25) is 9.59 Å². The number of hydrogen-bond acceptors (Lipinski definition) is 6. The zero-order valence-electron chi connectivity index (χ0n) is 20.0. The number of carbonyl (C=O) groups is 2. The first kappa shape index (κ1) is 25.1. The van der Waals surface area contributed by atoms with Crippen molar-refractivity contribution < 1.29 is 28.9 Å². The number of benzene rings is 2. The van der Waals surface area contributed by atoms with E-state index >= 15 is 0 Å². The van der Waals surface area contributed by atoms with Crippen LogP contribution in [0.15, 0.2) is 65.9 Å². The lowest BCUT2D eigenvalue weighted by Gasteiger charge is -2.28. The Morgan fingerprint density at radius 2 is 1.85 bits per heavy atom. The summed E-state index contributed by atoms with van der Waals surface area (Å²) < 4.78 is 16.5. The highest BCUT2D eigenvalue weighted by Crippen LogP contribution is 2.43. The van der Waals surface area contributed by atoms with E-state index in [0.717, 1.165) is 5.56 Å². The third-order valence-corrected chi connectivity index (χ3v) is 5.52. The Labute approximate surface area is 200 Å². The third-order valence-electron chi connectivity index (χ3n) is 5.52. The molecular weight excluding hydrogens is 434 g/mol. The number of allylic oxidation sites excluding steroid dienone is 1. The van der Waals surface area contributed by atoms with E-state index in [-0.39, 0.29) is 11.7 Å². The molecule has 34 heavy (non-hydrogen) atoms. The number of nitrogens with zero attached hydrogens (tertiary/aromatic N) is 1. The van der Waals surface area contributed by atoms with Crippen LogP contribution in [0.4, 0.5) is 0 Å². The van der Waals surface area contributed by atoms with E-state index < -0.39 is 23.5 Å². The minimum absolute atomic E-state index is 0.00788. The summed E-state index contributed by atoms with van der Waals surface area (Å²) in [5.74, 6) is -0.581. The molecule has 0 spiro atoms. The van der Waals surface area contributed by atoms with E-state index in [4.69, 9.17) is 14.2 Å². The highest BCUT2D eigenvalue weighted by Gasteiger charge is 2.44. The van der Waals surface area contributed by atoms with Gasteiger partial charge in [0.2, 0.25) is 0 Å². The molecule has 7 nitrogen and oxygen atoms in total. The Balaban J connectivity index is 2.00. The molecule has 1 aliphatic rings. The largest absolute Gasteiger partial charge is 0.503 e. The molecule has 7 heteroatoms. The maximum Gasteiger partial charge on any atom is 0.290 e. The molecule has 0 bridgehead atoms. The van der Waals surface area contributed by atoms with Crippen molar-refractivity contribution in [3.05, 3.63) is 77.1 Å². The first-order valence-electron chi connectivity index (χ1n) is 11.2. The van der Waals surface area contributed by atoms with Crippen LogP contribution in [0.5, 0.6) is 11.5 Å². The Hall–Kier alpha value is -3.58. The van der Waals surface area contributed by atoms with E-state index in [1.54, 1.807) is 24.3 Å². The fourth-order valence-corrected chi connectivity index (χ4v) is 3.89. The minimum atomic E-state index is -0.829. The van der Waals surface area contributed by atoms with Gasteiger partial charge in [0.05, 0.1) is 31.9 Å². The molecule has 1 heterocycles. The van der Waals surface area contributed by atoms with Crippen LogP contribution in [0.3, 0.4) is 0 Å². The molecule has 180 valence electrons. The topological polar surface area (TPSA) is 85.3 Å². The second kappa shape index (κ2) is 11.5. The second-order valence-corrected chi connectivity index (χ2v) is 8.15. The molecule has 0 fully saturated rings. The molecule has 0 saturated carbocycles. The van der Waals surface area contributed by atoms with Crippen molar-refractivity contribution in [2.75, 3.05) is 27.4 Å². The van der Waals surface area contributed by atoms with Gasteiger partial charge in [-0.25, -0.2) is 0 Å². The third kappa shape index (κ3) is 5.66.